The van der Waals surface area contributed by atoms with Gasteiger partial charge in [-0.2, -0.15) is 9.97 Å². The highest BCUT2D eigenvalue weighted by Gasteiger charge is 2.24. The number of pyridine rings is 2. The third kappa shape index (κ3) is 12.6. The molecule has 2 saturated heterocycles. The molecule has 4 aromatic heterocycles. The highest BCUT2D eigenvalue weighted by atomic mass is 35.5. The monoisotopic (exact) mass is 1220 g/mol. The number of hydrogen-bond donors (Lipinski definition) is 2. The summed E-state index contributed by atoms with van der Waals surface area (Å²) in [7, 11) is -5.08. The van der Waals surface area contributed by atoms with Gasteiger partial charge in [-0.1, -0.05) is 104 Å². The lowest BCUT2D eigenvalue weighted by Gasteiger charge is -2.36. The Morgan fingerprint density at radius 1 is 0.494 bits per heavy atom. The fourth-order valence-corrected chi connectivity index (χ4v) is 13.9. The van der Waals surface area contributed by atoms with Crippen LogP contribution in [0.3, 0.4) is 0 Å². The van der Waals surface area contributed by atoms with Gasteiger partial charge in [-0.25, -0.2) is 26.8 Å². The van der Waals surface area contributed by atoms with Gasteiger partial charge in [0.1, 0.15) is 11.3 Å². The van der Waals surface area contributed by atoms with Gasteiger partial charge in [0, 0.05) is 127 Å². The molecule has 0 radical (unpaired) electrons. The average Bonchev–Trinajstić information content (AvgIpc) is 2.24. The second kappa shape index (κ2) is 24.9. The normalized spacial score (nSPS) is 14.4. The van der Waals surface area contributed by atoms with E-state index < -0.39 is 19.7 Å². The molecule has 2 N–H and O–H groups in total. The van der Waals surface area contributed by atoms with Crippen LogP contribution in [0.4, 0.5) is 34.6 Å². The topological polar surface area (TPSA) is 201 Å². The van der Waals surface area contributed by atoms with Crippen LogP contribution in [0.1, 0.15) is 30.5 Å². The van der Waals surface area contributed by atoms with Crippen molar-refractivity contribution in [1.82, 2.24) is 38.9 Å². The molecule has 18 nitrogen and oxygen atoms in total. The number of nitrogens with zero attached hydrogens (tertiary/aromatic N) is 10. The van der Waals surface area contributed by atoms with Crippen molar-refractivity contribution >= 4 is 88.0 Å². The van der Waals surface area contributed by atoms with Crippen LogP contribution >= 0.6 is 11.6 Å². The molecule has 87 heavy (non-hydrogen) atoms. The van der Waals surface area contributed by atoms with Crippen molar-refractivity contribution in [3.63, 3.8) is 0 Å². The van der Waals surface area contributed by atoms with E-state index in [4.69, 9.17) is 21.6 Å². The van der Waals surface area contributed by atoms with Crippen LogP contribution < -0.4 is 31.6 Å². The standard InChI is InChI=1S/C66H65ClN12O6S2/c1-4-86(82,83)59-16-10-6-12-47(59)43-78-61-49(40-68-65(72-61)70-51-22-26-53(27-23-51)76-34-30-74(3)31-35-76)38-56(63(78)80)46-20-18-45(19-21-46)42-75-32-36-77(37-33-75)54-28-24-52(25-29-54)71-66-69-41-50-39-57(55-14-8-9-15-58(55)67)64(81)79(62(50)73-66)44-48-13-7-11-17-60(48)87(84,85)5-2/h6-29,38-41H,4-5,30-37,42-44H2,1-3H3,(H,68,70,72)(H,69,71,73). The van der Waals surface area contributed by atoms with Crippen molar-refractivity contribution in [3.05, 3.63) is 213 Å². The highest BCUT2D eigenvalue weighted by molar-refractivity contribution is 7.91. The molecule has 0 amide bonds. The minimum atomic E-state index is -3.61. The summed E-state index contributed by atoms with van der Waals surface area (Å²) in [6.07, 6.45) is 3.35. The minimum Gasteiger partial charge on any atom is -0.369 e. The van der Waals surface area contributed by atoms with E-state index in [0.717, 1.165) is 92.8 Å². The number of halogens is 1. The maximum Gasteiger partial charge on any atom is 0.260 e. The predicted molar refractivity (Wildman–Crippen MR) is 347 cm³/mol. The average molecular weight is 1220 g/mol. The van der Waals surface area contributed by atoms with Crippen LogP contribution in [-0.4, -0.2) is 127 Å². The van der Waals surface area contributed by atoms with Crippen LogP contribution in [0, 0.1) is 0 Å². The third-order valence-electron chi connectivity index (χ3n) is 16.4. The molecule has 6 aromatic carbocycles. The Morgan fingerprint density at radius 3 is 1.44 bits per heavy atom. The van der Waals surface area contributed by atoms with Gasteiger partial charge in [0.05, 0.1) is 34.4 Å². The first kappa shape index (κ1) is 58.6. The maximum absolute atomic E-state index is 14.8. The fourth-order valence-electron chi connectivity index (χ4n) is 11.4. The molecule has 0 spiro atoms. The van der Waals surface area contributed by atoms with Gasteiger partial charge in [-0.15, -0.1) is 0 Å². The smallest absolute Gasteiger partial charge is 0.260 e. The zero-order valence-electron chi connectivity index (χ0n) is 48.5. The summed E-state index contributed by atoms with van der Waals surface area (Å²) >= 11 is 6.61. The van der Waals surface area contributed by atoms with Gasteiger partial charge >= 0.3 is 0 Å². The molecule has 2 fully saturated rings. The van der Waals surface area contributed by atoms with E-state index in [1.807, 2.05) is 42.5 Å². The quantitative estimate of drug-likeness (QED) is 0.0821. The highest BCUT2D eigenvalue weighted by Crippen LogP contribution is 2.31. The largest absolute Gasteiger partial charge is 0.369 e. The molecule has 444 valence electrons. The van der Waals surface area contributed by atoms with Gasteiger partial charge < -0.3 is 25.3 Å². The second-order valence-corrected chi connectivity index (χ2v) is 26.8. The molecule has 12 rings (SSSR count). The molecule has 10 aromatic rings. The third-order valence-corrected chi connectivity index (χ3v) is 20.4. The lowest BCUT2D eigenvalue weighted by Crippen LogP contribution is -2.45. The Morgan fingerprint density at radius 2 is 0.943 bits per heavy atom. The van der Waals surface area contributed by atoms with Crippen LogP contribution in [0.15, 0.2) is 189 Å². The molecule has 0 aliphatic carbocycles. The van der Waals surface area contributed by atoms with Gasteiger partial charge in [0.2, 0.25) is 11.9 Å². The molecule has 0 atom stereocenters. The number of rotatable bonds is 18. The molecule has 0 saturated carbocycles. The van der Waals surface area contributed by atoms with Crippen molar-refractivity contribution in [2.75, 3.05) is 91.3 Å². The minimum absolute atomic E-state index is 0.0196. The number of hydrogen-bond acceptors (Lipinski definition) is 16. The number of likely N-dealkylation sites (N-methyl/N-ethyl adjacent to an activating group) is 1. The summed E-state index contributed by atoms with van der Waals surface area (Å²) in [5.41, 5.74) is 7.88. The summed E-state index contributed by atoms with van der Waals surface area (Å²) in [5, 5.41) is 8.24. The van der Waals surface area contributed by atoms with Gasteiger partial charge in [0.25, 0.3) is 11.1 Å². The van der Waals surface area contributed by atoms with E-state index >= 15 is 0 Å². The Labute approximate surface area is 510 Å². The van der Waals surface area contributed by atoms with Crippen LogP contribution in [0.25, 0.3) is 44.3 Å². The number of nitrogens with one attached hydrogen (secondary N) is 2. The van der Waals surface area contributed by atoms with Crippen molar-refractivity contribution in [1.29, 1.82) is 0 Å². The summed E-state index contributed by atoms with van der Waals surface area (Å²) in [6.45, 7) is 11.0. The van der Waals surface area contributed by atoms with Crippen LogP contribution in [0.2, 0.25) is 5.02 Å². The van der Waals surface area contributed by atoms with Gasteiger partial charge in [0.15, 0.2) is 19.7 Å². The maximum atomic E-state index is 14.8. The number of piperazine rings is 2. The summed E-state index contributed by atoms with van der Waals surface area (Å²) in [6, 6.07) is 48.4. The van der Waals surface area contributed by atoms with Gasteiger partial charge in [-0.3, -0.25) is 23.6 Å². The fraction of sp³-hybridized carbons (Fsp3) is 0.242. The van der Waals surface area contributed by atoms with Crippen molar-refractivity contribution in [2.24, 2.45) is 0 Å². The number of aromatic nitrogens is 6. The van der Waals surface area contributed by atoms with E-state index in [2.05, 4.69) is 83.6 Å². The van der Waals surface area contributed by atoms with E-state index in [9.17, 15) is 26.4 Å². The number of fused-ring (bicyclic) bond motifs is 2. The van der Waals surface area contributed by atoms with Crippen molar-refractivity contribution in [3.8, 4) is 22.3 Å². The molecular weight excluding hydrogens is 1160 g/mol. The molecule has 0 bridgehead atoms. The Balaban J connectivity index is 0.731. The molecule has 21 heteroatoms. The lowest BCUT2D eigenvalue weighted by atomic mass is 10.0. The predicted octanol–water partition coefficient (Wildman–Crippen LogP) is 10.1. The number of benzene rings is 6. The molecule has 2 aliphatic rings. The first-order valence-corrected chi connectivity index (χ1v) is 32.7. The van der Waals surface area contributed by atoms with Crippen molar-refractivity contribution < 1.29 is 16.8 Å². The number of sulfone groups is 2. The molecule has 0 unspecified atom stereocenters. The Kier molecular flexibility index (Phi) is 16.8. The molecule has 6 heterocycles. The first-order chi connectivity index (χ1) is 42.1. The van der Waals surface area contributed by atoms with Gasteiger partial charge in [-0.05, 0) is 108 Å². The summed E-state index contributed by atoms with van der Waals surface area (Å²) in [5.74, 6) is 0.401. The second-order valence-electron chi connectivity index (χ2n) is 21.9. The zero-order chi connectivity index (χ0) is 60.4. The first-order valence-electron chi connectivity index (χ1n) is 29.0. The Hall–Kier alpha value is -8.79. The zero-order valence-corrected chi connectivity index (χ0v) is 50.9. The van der Waals surface area contributed by atoms with Crippen molar-refractivity contribution in [2.45, 2.75) is 43.3 Å². The Bertz CT molecular complexity index is 4550. The lowest BCUT2D eigenvalue weighted by molar-refractivity contribution is 0.250. The SMILES string of the molecule is CCS(=O)(=O)c1ccccc1Cn1c(=O)c(-c2ccc(CN3CCN(c4ccc(Nc5ncc6cc(-c7ccccc7Cl)c(=O)n(Cc7ccccc7S(=O)(=O)CC)c6n5)cc4)CC3)cc2)cc2cnc(Nc3ccc(N4CCN(C)CC4)cc3)nc21. The summed E-state index contributed by atoms with van der Waals surface area (Å²) < 4.78 is 56.2. The van der Waals surface area contributed by atoms with E-state index in [1.165, 1.54) is 4.57 Å². The van der Waals surface area contributed by atoms with Crippen LogP contribution in [0.5, 0.6) is 0 Å². The molecular formula is C66H65ClN12O6S2. The van der Waals surface area contributed by atoms with Crippen LogP contribution in [-0.2, 0) is 39.3 Å². The molecule has 2 aliphatic heterocycles. The van der Waals surface area contributed by atoms with E-state index in [0.29, 0.717) is 60.9 Å². The van der Waals surface area contributed by atoms with E-state index in [-0.39, 0.29) is 51.5 Å². The summed E-state index contributed by atoms with van der Waals surface area (Å²) in [4.78, 5) is 58.1. The number of anilines is 6. The van der Waals surface area contributed by atoms with E-state index in [1.54, 1.807) is 110 Å².